The van der Waals surface area contributed by atoms with Gasteiger partial charge in [0.05, 0.1) is 6.42 Å². The minimum absolute atomic E-state index is 0.156. The van der Waals surface area contributed by atoms with Crippen molar-refractivity contribution in [2.24, 2.45) is 0 Å². The maximum atomic E-state index is 12.6. The molecule has 2 heterocycles. The molecule has 5 heteroatoms. The summed E-state index contributed by atoms with van der Waals surface area (Å²) >= 11 is 0. The second kappa shape index (κ2) is 7.15. The van der Waals surface area contributed by atoms with Gasteiger partial charge in [0.15, 0.2) is 11.5 Å². The van der Waals surface area contributed by atoms with E-state index in [0.717, 1.165) is 49.8 Å². The van der Waals surface area contributed by atoms with Crippen LogP contribution in [-0.2, 0) is 17.8 Å². The van der Waals surface area contributed by atoms with Crippen LogP contribution < -0.4 is 9.47 Å². The maximum absolute atomic E-state index is 12.6. The van der Waals surface area contributed by atoms with Gasteiger partial charge in [-0.3, -0.25) is 9.69 Å². The molecule has 0 radical (unpaired) electrons. The first kappa shape index (κ1) is 16.0. The number of fused-ring (bicyclic) bond motifs is 1. The zero-order chi connectivity index (χ0) is 17.1. The molecule has 5 nitrogen and oxygen atoms in total. The van der Waals surface area contributed by atoms with E-state index in [-0.39, 0.29) is 12.7 Å². The first-order valence-corrected chi connectivity index (χ1v) is 8.71. The summed E-state index contributed by atoms with van der Waals surface area (Å²) in [5.41, 5.74) is 2.23. The number of benzene rings is 2. The highest BCUT2D eigenvalue weighted by atomic mass is 16.7. The van der Waals surface area contributed by atoms with Gasteiger partial charge in [0.25, 0.3) is 0 Å². The highest BCUT2D eigenvalue weighted by Gasteiger charge is 2.24. The van der Waals surface area contributed by atoms with Gasteiger partial charge in [-0.05, 0) is 11.6 Å². The molecule has 0 atom stereocenters. The minimum atomic E-state index is 0.156. The van der Waals surface area contributed by atoms with Crippen molar-refractivity contribution < 1.29 is 14.3 Å². The summed E-state index contributed by atoms with van der Waals surface area (Å²) in [6.07, 6.45) is 0.366. The lowest BCUT2D eigenvalue weighted by molar-refractivity contribution is -0.132. The summed E-state index contributed by atoms with van der Waals surface area (Å²) in [7, 11) is 0. The Kier molecular flexibility index (Phi) is 4.57. The van der Waals surface area contributed by atoms with Crippen LogP contribution >= 0.6 is 0 Å². The molecule has 2 aromatic rings. The Morgan fingerprint density at radius 2 is 1.72 bits per heavy atom. The Morgan fingerprint density at radius 3 is 2.52 bits per heavy atom. The van der Waals surface area contributed by atoms with Crippen molar-refractivity contribution in [2.75, 3.05) is 33.0 Å². The first-order chi connectivity index (χ1) is 12.3. The Labute approximate surface area is 147 Å². The smallest absolute Gasteiger partial charge is 0.231 e. The van der Waals surface area contributed by atoms with Crippen LogP contribution in [0.1, 0.15) is 11.1 Å². The molecule has 0 aromatic heterocycles. The lowest BCUT2D eigenvalue weighted by Gasteiger charge is -2.35. The molecule has 0 saturated carbocycles. The normalized spacial score (nSPS) is 16.9. The zero-order valence-electron chi connectivity index (χ0n) is 14.2. The first-order valence-electron chi connectivity index (χ1n) is 8.71. The molecule has 1 saturated heterocycles. The molecule has 0 aliphatic carbocycles. The number of rotatable bonds is 4. The van der Waals surface area contributed by atoms with Crippen molar-refractivity contribution in [1.29, 1.82) is 0 Å². The molecule has 0 spiro atoms. The fourth-order valence-corrected chi connectivity index (χ4v) is 3.40. The van der Waals surface area contributed by atoms with Crippen LogP contribution in [0.15, 0.2) is 48.5 Å². The van der Waals surface area contributed by atoms with Crippen molar-refractivity contribution in [1.82, 2.24) is 9.80 Å². The molecule has 25 heavy (non-hydrogen) atoms. The van der Waals surface area contributed by atoms with Crippen LogP contribution in [0.5, 0.6) is 11.5 Å². The summed E-state index contributed by atoms with van der Waals surface area (Å²) in [6, 6.07) is 16.2. The van der Waals surface area contributed by atoms with Crippen molar-refractivity contribution in [3.05, 3.63) is 59.7 Å². The number of hydrogen-bond acceptors (Lipinski definition) is 4. The molecule has 1 fully saturated rings. The number of piperazine rings is 1. The zero-order valence-corrected chi connectivity index (χ0v) is 14.2. The number of para-hydroxylation sites is 1. The monoisotopic (exact) mass is 338 g/mol. The Bertz CT molecular complexity index is 740. The molecule has 0 bridgehead atoms. The lowest BCUT2D eigenvalue weighted by Crippen LogP contribution is -2.48. The Balaban J connectivity index is 1.32. The second-order valence-electron chi connectivity index (χ2n) is 6.47. The maximum Gasteiger partial charge on any atom is 0.231 e. The average molecular weight is 338 g/mol. The van der Waals surface area contributed by atoms with E-state index in [1.807, 2.05) is 29.2 Å². The number of hydrogen-bond donors (Lipinski definition) is 0. The molecule has 2 aliphatic heterocycles. The van der Waals surface area contributed by atoms with Crippen molar-refractivity contribution in [3.63, 3.8) is 0 Å². The Hall–Kier alpha value is -2.53. The van der Waals surface area contributed by atoms with Crippen molar-refractivity contribution in [3.8, 4) is 11.5 Å². The average Bonchev–Trinajstić information content (AvgIpc) is 3.13. The van der Waals surface area contributed by atoms with E-state index < -0.39 is 0 Å². The van der Waals surface area contributed by atoms with E-state index in [2.05, 4.69) is 29.2 Å². The third kappa shape index (κ3) is 3.61. The highest BCUT2D eigenvalue weighted by molar-refractivity contribution is 5.80. The van der Waals surface area contributed by atoms with Crippen molar-refractivity contribution >= 4 is 5.91 Å². The number of ether oxygens (including phenoxy) is 2. The molecule has 4 rings (SSSR count). The summed E-state index contributed by atoms with van der Waals surface area (Å²) in [6.45, 7) is 4.55. The summed E-state index contributed by atoms with van der Waals surface area (Å²) in [5.74, 6) is 1.61. The molecule has 1 amide bonds. The summed E-state index contributed by atoms with van der Waals surface area (Å²) in [4.78, 5) is 17.0. The summed E-state index contributed by atoms with van der Waals surface area (Å²) < 4.78 is 10.9. The van der Waals surface area contributed by atoms with E-state index in [1.165, 1.54) is 5.56 Å². The summed E-state index contributed by atoms with van der Waals surface area (Å²) in [5, 5.41) is 0. The topological polar surface area (TPSA) is 42.0 Å². The van der Waals surface area contributed by atoms with Crippen LogP contribution in [0.3, 0.4) is 0 Å². The predicted molar refractivity (Wildman–Crippen MR) is 94.6 cm³/mol. The predicted octanol–water partition coefficient (Wildman–Crippen LogP) is 2.30. The third-order valence-corrected chi connectivity index (χ3v) is 4.79. The van der Waals surface area contributed by atoms with Gasteiger partial charge in [-0.2, -0.15) is 0 Å². The molecule has 2 aliphatic rings. The van der Waals surface area contributed by atoms with Gasteiger partial charge in [-0.15, -0.1) is 0 Å². The van der Waals surface area contributed by atoms with E-state index >= 15 is 0 Å². The molecule has 130 valence electrons. The van der Waals surface area contributed by atoms with Gasteiger partial charge in [-0.25, -0.2) is 0 Å². The fraction of sp³-hybridized carbons (Fsp3) is 0.350. The SMILES string of the molecule is O=C(Cc1cccc2c1OCO2)N1CCN(Cc2ccccc2)CC1. The van der Waals surface area contributed by atoms with Crippen LogP contribution in [0, 0.1) is 0 Å². The Morgan fingerprint density at radius 1 is 0.920 bits per heavy atom. The molecular weight excluding hydrogens is 316 g/mol. The number of carbonyl (C=O) groups excluding carboxylic acids is 1. The quantitative estimate of drug-likeness (QED) is 0.858. The van der Waals surface area contributed by atoms with Crippen LogP contribution in [0.25, 0.3) is 0 Å². The number of nitrogens with zero attached hydrogens (tertiary/aromatic N) is 2. The van der Waals surface area contributed by atoms with Gasteiger partial charge in [0.2, 0.25) is 12.7 Å². The standard InChI is InChI=1S/C20H22N2O3/c23-19(13-17-7-4-8-18-20(17)25-15-24-18)22-11-9-21(10-12-22)14-16-5-2-1-3-6-16/h1-8H,9-15H2. The minimum Gasteiger partial charge on any atom is -0.454 e. The fourth-order valence-electron chi connectivity index (χ4n) is 3.40. The third-order valence-electron chi connectivity index (χ3n) is 4.79. The van der Waals surface area contributed by atoms with E-state index in [1.54, 1.807) is 0 Å². The number of carbonyl (C=O) groups is 1. The van der Waals surface area contributed by atoms with Gasteiger partial charge >= 0.3 is 0 Å². The van der Waals surface area contributed by atoms with E-state index in [4.69, 9.17) is 9.47 Å². The second-order valence-corrected chi connectivity index (χ2v) is 6.47. The number of amides is 1. The van der Waals surface area contributed by atoms with Gasteiger partial charge in [0, 0.05) is 38.3 Å². The van der Waals surface area contributed by atoms with Gasteiger partial charge in [0.1, 0.15) is 0 Å². The van der Waals surface area contributed by atoms with E-state index in [9.17, 15) is 4.79 Å². The van der Waals surface area contributed by atoms with Crippen LogP contribution in [0.2, 0.25) is 0 Å². The molecule has 0 N–H and O–H groups in total. The van der Waals surface area contributed by atoms with Gasteiger partial charge in [-0.1, -0.05) is 42.5 Å². The largest absolute Gasteiger partial charge is 0.454 e. The van der Waals surface area contributed by atoms with Gasteiger partial charge < -0.3 is 14.4 Å². The molecule has 2 aromatic carbocycles. The molecule has 0 unspecified atom stereocenters. The highest BCUT2D eigenvalue weighted by Crippen LogP contribution is 2.35. The lowest BCUT2D eigenvalue weighted by atomic mass is 10.1. The van der Waals surface area contributed by atoms with Crippen molar-refractivity contribution in [2.45, 2.75) is 13.0 Å². The molecular formula is C20H22N2O3. The van der Waals surface area contributed by atoms with Crippen LogP contribution in [0.4, 0.5) is 0 Å². The van der Waals surface area contributed by atoms with Crippen LogP contribution in [-0.4, -0.2) is 48.7 Å². The van der Waals surface area contributed by atoms with E-state index in [0.29, 0.717) is 6.42 Å².